The summed E-state index contributed by atoms with van der Waals surface area (Å²) in [6, 6.07) is 7.78. The number of nitrogens with zero attached hydrogens (tertiary/aromatic N) is 1. The molecule has 0 radical (unpaired) electrons. The van der Waals surface area contributed by atoms with Crippen molar-refractivity contribution in [1.29, 1.82) is 0 Å². The molecule has 2 N–H and O–H groups in total. The van der Waals surface area contributed by atoms with Crippen molar-refractivity contribution in [3.05, 3.63) is 34.7 Å². The fourth-order valence-corrected chi connectivity index (χ4v) is 3.84. The van der Waals surface area contributed by atoms with E-state index in [1.807, 2.05) is 36.1 Å². The minimum Gasteiger partial charge on any atom is -0.497 e. The topological polar surface area (TPSA) is 55.6 Å². The van der Waals surface area contributed by atoms with Gasteiger partial charge < -0.3 is 15.4 Å². The van der Waals surface area contributed by atoms with Crippen molar-refractivity contribution >= 4 is 22.2 Å². The lowest BCUT2D eigenvalue weighted by Crippen LogP contribution is -2.33. The lowest BCUT2D eigenvalue weighted by atomic mass is 10.00. The van der Waals surface area contributed by atoms with Gasteiger partial charge in [0.1, 0.15) is 5.75 Å². The first-order valence-corrected chi connectivity index (χ1v) is 9.17. The van der Waals surface area contributed by atoms with E-state index in [0.717, 1.165) is 47.7 Å². The molecule has 0 atom stereocenters. The van der Waals surface area contributed by atoms with E-state index in [4.69, 9.17) is 10.5 Å². The average molecular weight is 346 g/mol. The Labute approximate surface area is 148 Å². The van der Waals surface area contributed by atoms with E-state index >= 15 is 0 Å². The molecule has 24 heavy (non-hydrogen) atoms. The lowest BCUT2D eigenvalue weighted by molar-refractivity contribution is 0.0758. The highest BCUT2D eigenvalue weighted by Crippen LogP contribution is 2.39. The third-order valence-corrected chi connectivity index (χ3v) is 4.91. The molecule has 0 spiro atoms. The van der Waals surface area contributed by atoms with Crippen LogP contribution in [0.1, 0.15) is 41.9 Å². The van der Waals surface area contributed by atoms with Crippen LogP contribution in [0.3, 0.4) is 0 Å². The third-order valence-electron chi connectivity index (χ3n) is 3.98. The number of rotatable bonds is 7. The number of ether oxygens (including phenoxy) is 1. The van der Waals surface area contributed by atoms with E-state index in [1.54, 1.807) is 7.11 Å². The summed E-state index contributed by atoms with van der Waals surface area (Å²) < 4.78 is 5.22. The Kier molecular flexibility index (Phi) is 6.26. The van der Waals surface area contributed by atoms with Gasteiger partial charge in [0.25, 0.3) is 5.91 Å². The number of amides is 1. The Hall–Kier alpha value is -2.01. The Bertz CT molecular complexity index is 686. The van der Waals surface area contributed by atoms with Gasteiger partial charge in [0.2, 0.25) is 0 Å². The Morgan fingerprint density at radius 1 is 1.17 bits per heavy atom. The first-order valence-electron chi connectivity index (χ1n) is 8.36. The number of benzene rings is 1. The number of carbonyl (C=O) groups excluding carboxylic acids is 1. The second-order valence-electron chi connectivity index (χ2n) is 5.79. The highest BCUT2D eigenvalue weighted by Gasteiger charge is 2.25. The minimum absolute atomic E-state index is 0.0337. The molecule has 4 nitrogen and oxygen atoms in total. The van der Waals surface area contributed by atoms with Crippen molar-refractivity contribution in [3.8, 4) is 16.9 Å². The van der Waals surface area contributed by atoms with Gasteiger partial charge in [0.05, 0.1) is 17.7 Å². The second kappa shape index (κ2) is 8.20. The van der Waals surface area contributed by atoms with Gasteiger partial charge in [-0.3, -0.25) is 4.79 Å². The first-order chi connectivity index (χ1) is 11.5. The predicted molar refractivity (Wildman–Crippen MR) is 102 cm³/mol. The molecule has 130 valence electrons. The van der Waals surface area contributed by atoms with E-state index in [9.17, 15) is 4.79 Å². The van der Waals surface area contributed by atoms with Crippen molar-refractivity contribution in [2.45, 2.75) is 33.6 Å². The summed E-state index contributed by atoms with van der Waals surface area (Å²) in [7, 11) is 1.64. The number of aryl methyl sites for hydroxylation is 1. The van der Waals surface area contributed by atoms with E-state index in [1.165, 1.54) is 11.3 Å². The number of anilines is 1. The van der Waals surface area contributed by atoms with Crippen LogP contribution >= 0.6 is 11.3 Å². The molecule has 0 unspecified atom stereocenters. The molecule has 0 aliphatic rings. The van der Waals surface area contributed by atoms with Gasteiger partial charge in [0, 0.05) is 23.5 Å². The van der Waals surface area contributed by atoms with Crippen molar-refractivity contribution in [2.24, 2.45) is 0 Å². The SMILES string of the molecule is CCCN(CCC)C(=O)c1c(N)sc(C)c1-c1ccc(OC)cc1. The summed E-state index contributed by atoms with van der Waals surface area (Å²) in [5.74, 6) is 0.831. The molecule has 0 aliphatic carbocycles. The van der Waals surface area contributed by atoms with Crippen molar-refractivity contribution in [3.63, 3.8) is 0 Å². The van der Waals surface area contributed by atoms with Crippen LogP contribution in [0.5, 0.6) is 5.75 Å². The summed E-state index contributed by atoms with van der Waals surface area (Å²) in [6.45, 7) is 7.69. The van der Waals surface area contributed by atoms with Gasteiger partial charge in [-0.15, -0.1) is 11.3 Å². The summed E-state index contributed by atoms with van der Waals surface area (Å²) in [6.07, 6.45) is 1.87. The smallest absolute Gasteiger partial charge is 0.257 e. The number of methoxy groups -OCH3 is 1. The highest BCUT2D eigenvalue weighted by molar-refractivity contribution is 7.16. The van der Waals surface area contributed by atoms with Crippen LogP contribution in [0.25, 0.3) is 11.1 Å². The third kappa shape index (κ3) is 3.73. The van der Waals surface area contributed by atoms with Gasteiger partial charge in [-0.2, -0.15) is 0 Å². The minimum atomic E-state index is 0.0337. The Morgan fingerprint density at radius 2 is 1.75 bits per heavy atom. The van der Waals surface area contributed by atoms with E-state index < -0.39 is 0 Å². The number of nitrogen functional groups attached to an aromatic ring is 1. The van der Waals surface area contributed by atoms with Crippen molar-refractivity contribution in [2.75, 3.05) is 25.9 Å². The zero-order chi connectivity index (χ0) is 17.7. The monoisotopic (exact) mass is 346 g/mol. The summed E-state index contributed by atoms with van der Waals surface area (Å²) in [5.41, 5.74) is 8.80. The first kappa shape index (κ1) is 18.3. The van der Waals surface area contributed by atoms with Crippen LogP contribution in [0.2, 0.25) is 0 Å². The normalized spacial score (nSPS) is 10.7. The summed E-state index contributed by atoms with van der Waals surface area (Å²) in [5, 5.41) is 0.598. The molecule has 2 rings (SSSR count). The number of thiophene rings is 1. The number of carbonyl (C=O) groups is 1. The van der Waals surface area contributed by atoms with Gasteiger partial charge >= 0.3 is 0 Å². The predicted octanol–water partition coefficient (Wildman–Crippen LogP) is 4.58. The number of hydrogen-bond donors (Lipinski definition) is 1. The standard InChI is InChI=1S/C19H26N2O2S/c1-5-11-21(12-6-2)19(22)17-16(13(3)24-18(17)20)14-7-9-15(23-4)10-8-14/h7-10H,5-6,11-12,20H2,1-4H3. The molecule has 5 heteroatoms. The van der Waals surface area contributed by atoms with Crippen LogP contribution in [0, 0.1) is 6.92 Å². The average Bonchev–Trinajstić information content (AvgIpc) is 2.88. The molecule has 1 aromatic heterocycles. The summed E-state index contributed by atoms with van der Waals surface area (Å²) >= 11 is 1.48. The zero-order valence-electron chi connectivity index (χ0n) is 14.9. The molecule has 0 saturated carbocycles. The fourth-order valence-electron chi connectivity index (χ4n) is 2.90. The zero-order valence-corrected chi connectivity index (χ0v) is 15.7. The van der Waals surface area contributed by atoms with Crippen LogP contribution in [-0.2, 0) is 0 Å². The molecule has 0 bridgehead atoms. The largest absolute Gasteiger partial charge is 0.497 e. The molecule has 1 heterocycles. The maximum absolute atomic E-state index is 13.1. The van der Waals surface area contributed by atoms with Crippen molar-refractivity contribution < 1.29 is 9.53 Å². The second-order valence-corrected chi connectivity index (χ2v) is 7.05. The molecule has 0 fully saturated rings. The Morgan fingerprint density at radius 3 is 2.25 bits per heavy atom. The maximum atomic E-state index is 13.1. The van der Waals surface area contributed by atoms with Crippen molar-refractivity contribution in [1.82, 2.24) is 4.90 Å². The van der Waals surface area contributed by atoms with Crippen LogP contribution in [0.15, 0.2) is 24.3 Å². The molecule has 1 amide bonds. The Balaban J connectivity index is 2.48. The van der Waals surface area contributed by atoms with E-state index in [-0.39, 0.29) is 5.91 Å². The molecule has 0 aliphatic heterocycles. The highest BCUT2D eigenvalue weighted by atomic mass is 32.1. The fraction of sp³-hybridized carbons (Fsp3) is 0.421. The van der Waals surface area contributed by atoms with Gasteiger partial charge in [-0.25, -0.2) is 0 Å². The van der Waals surface area contributed by atoms with Crippen LogP contribution < -0.4 is 10.5 Å². The summed E-state index contributed by atoms with van der Waals surface area (Å²) in [4.78, 5) is 16.1. The molecular formula is C19H26N2O2S. The quantitative estimate of drug-likeness (QED) is 0.798. The van der Waals surface area contributed by atoms with Crippen LogP contribution in [-0.4, -0.2) is 31.0 Å². The molecule has 1 aromatic carbocycles. The lowest BCUT2D eigenvalue weighted by Gasteiger charge is -2.22. The van der Waals surface area contributed by atoms with E-state index in [2.05, 4.69) is 13.8 Å². The number of hydrogen-bond acceptors (Lipinski definition) is 4. The maximum Gasteiger partial charge on any atom is 0.257 e. The van der Waals surface area contributed by atoms with E-state index in [0.29, 0.717) is 10.6 Å². The molecule has 0 saturated heterocycles. The van der Waals surface area contributed by atoms with Gasteiger partial charge in [0.15, 0.2) is 0 Å². The van der Waals surface area contributed by atoms with Gasteiger partial charge in [-0.1, -0.05) is 26.0 Å². The number of nitrogens with two attached hydrogens (primary N) is 1. The van der Waals surface area contributed by atoms with Gasteiger partial charge in [-0.05, 0) is 37.5 Å². The molecular weight excluding hydrogens is 320 g/mol. The van der Waals surface area contributed by atoms with Crippen LogP contribution in [0.4, 0.5) is 5.00 Å². The molecule has 2 aromatic rings.